The summed E-state index contributed by atoms with van der Waals surface area (Å²) in [5, 5.41) is 15.5. The van der Waals surface area contributed by atoms with Crippen molar-refractivity contribution in [2.24, 2.45) is 0 Å². The molecule has 0 saturated heterocycles. The van der Waals surface area contributed by atoms with Crippen LogP contribution < -0.4 is 0 Å². The summed E-state index contributed by atoms with van der Waals surface area (Å²) in [5.74, 6) is 0. The topological polar surface area (TPSA) is 185 Å². The zero-order valence-corrected chi connectivity index (χ0v) is 33.3. The molecule has 14 rings (SSSR count). The van der Waals surface area contributed by atoms with Gasteiger partial charge < -0.3 is 14.0 Å². The van der Waals surface area contributed by atoms with Crippen LogP contribution in [0.4, 0.5) is 0 Å². The number of pyridine rings is 4. The van der Waals surface area contributed by atoms with Crippen molar-refractivity contribution in [1.29, 1.82) is 0 Å². The average Bonchev–Trinajstić information content (AvgIpc) is 4.18. The number of nitrogens with one attached hydrogen (secondary N) is 1. The van der Waals surface area contributed by atoms with E-state index in [0.717, 1.165) is 39.1 Å². The first-order valence-electron chi connectivity index (χ1n) is 19.5. The molecule has 62 heavy (non-hydrogen) atoms. The van der Waals surface area contributed by atoms with Gasteiger partial charge in [0.1, 0.15) is 24.6 Å². The summed E-state index contributed by atoms with van der Waals surface area (Å²) >= 11 is 0. The summed E-state index contributed by atoms with van der Waals surface area (Å²) in [4.78, 5) is 30.7. The summed E-state index contributed by atoms with van der Waals surface area (Å²) in [6, 6.07) is 27.5. The number of aromatic amines is 1. The smallest absolute Gasteiger partial charge is 0.160 e. The van der Waals surface area contributed by atoms with Crippen molar-refractivity contribution in [2.45, 2.75) is 19.4 Å². The van der Waals surface area contributed by atoms with E-state index >= 15 is 0 Å². The van der Waals surface area contributed by atoms with Gasteiger partial charge in [-0.2, -0.15) is 10.2 Å². The van der Waals surface area contributed by atoms with E-state index in [-0.39, 0.29) is 0 Å². The molecule has 306 valence electrons. The first-order chi connectivity index (χ1) is 30.8. The second-order valence-corrected chi connectivity index (χ2v) is 13.1. The van der Waals surface area contributed by atoms with Gasteiger partial charge >= 0.3 is 0 Å². The monoisotopic (exact) mass is 820 g/mol. The molecule has 0 bridgehead atoms. The fourth-order valence-electron chi connectivity index (χ4n) is 6.05. The second-order valence-electron chi connectivity index (χ2n) is 13.1. The van der Waals surface area contributed by atoms with E-state index in [2.05, 4.69) is 83.2 Å². The summed E-state index contributed by atoms with van der Waals surface area (Å²) in [6.07, 6.45) is 36.6. The van der Waals surface area contributed by atoms with E-state index in [1.807, 2.05) is 128 Å². The third-order valence-corrected chi connectivity index (χ3v) is 9.07. The second kappa shape index (κ2) is 20.7. The Hall–Kier alpha value is -8.93. The molecule has 0 saturated carbocycles. The molecular formula is C44H40N18. The first kappa shape index (κ1) is 39.9. The predicted molar refractivity (Wildman–Crippen MR) is 234 cm³/mol. The van der Waals surface area contributed by atoms with Gasteiger partial charge in [-0.15, -0.1) is 10.2 Å². The lowest BCUT2D eigenvalue weighted by atomic mass is 10.3. The van der Waals surface area contributed by atoms with Gasteiger partial charge in [0.15, 0.2) is 16.9 Å². The largest absolute Gasteiger partial charge is 0.351 e. The van der Waals surface area contributed by atoms with E-state index in [4.69, 9.17) is 0 Å². The Morgan fingerprint density at radius 1 is 0.500 bits per heavy atom. The van der Waals surface area contributed by atoms with Gasteiger partial charge in [0.05, 0.1) is 35.3 Å². The summed E-state index contributed by atoms with van der Waals surface area (Å²) in [5.41, 5.74) is 8.18. The van der Waals surface area contributed by atoms with Crippen LogP contribution in [0.15, 0.2) is 203 Å². The third kappa shape index (κ3) is 10.8. The zero-order valence-electron chi connectivity index (χ0n) is 33.3. The molecule has 0 spiro atoms. The van der Waals surface area contributed by atoms with Crippen molar-refractivity contribution in [2.75, 3.05) is 0 Å². The molecule has 0 aromatic carbocycles. The van der Waals surface area contributed by atoms with Gasteiger partial charge in [-0.1, -0.05) is 18.2 Å². The highest BCUT2D eigenvalue weighted by atomic mass is 15.3. The van der Waals surface area contributed by atoms with Crippen LogP contribution >= 0.6 is 0 Å². The fraction of sp³-hybridized carbons (Fsp3) is 0.0682. The average molecular weight is 821 g/mol. The van der Waals surface area contributed by atoms with Crippen LogP contribution in [0.25, 0.3) is 39.1 Å². The Morgan fingerprint density at radius 2 is 1.29 bits per heavy atom. The van der Waals surface area contributed by atoms with Crippen molar-refractivity contribution < 1.29 is 0 Å². The van der Waals surface area contributed by atoms with Crippen molar-refractivity contribution in [3.05, 3.63) is 209 Å². The lowest BCUT2D eigenvalue weighted by Crippen LogP contribution is -1.86. The number of nitrogens with zero attached hydrogens (tertiary/aromatic N) is 17. The van der Waals surface area contributed by atoms with Crippen LogP contribution in [0.1, 0.15) is 12.1 Å². The van der Waals surface area contributed by atoms with E-state index in [1.165, 1.54) is 31.4 Å². The maximum absolute atomic E-state index is 4.04. The molecule has 13 aromatic heterocycles. The molecule has 0 aliphatic carbocycles. The molecule has 14 heterocycles. The van der Waals surface area contributed by atoms with Crippen molar-refractivity contribution in [1.82, 2.24) is 87.1 Å². The number of hydrogen-bond acceptors (Lipinski definition) is 11. The fourth-order valence-corrected chi connectivity index (χ4v) is 6.05. The minimum atomic E-state index is 0.887. The number of imidazole rings is 3. The standard InChI is InChI=1S/C7H6N2.C7H9N.5C6H5N3/c1-2-6-9-7(3-1)4-5-8-9;1-3-7-4-2-6-8(7)5-1;1-3-9-4-2-8-6(9)5-7-1;1-2-7-3-6-5(1)8-4-9-6;1-2-7-5-9-4-3-8-6(1)9;1-2-4-9-5-7-8-6(9)3-1;1-2-4-9-6(3-1)7-5-8-9/h1-6H;1,3,5H,2,4,6H2;1-5H;1-4H,(H,8,9);3*1-5H. The minimum absolute atomic E-state index is 0.887. The molecule has 0 amide bonds. The lowest BCUT2D eigenvalue weighted by molar-refractivity contribution is 0.750. The number of hydrogen-bond donors (Lipinski definition) is 1. The van der Waals surface area contributed by atoms with E-state index in [0.29, 0.717) is 0 Å². The zero-order chi connectivity index (χ0) is 42.0. The SMILES string of the molecule is c1cc2n(c1)CCC2.c1cc2nc[nH]c2cn1.c1cc2nccn2cn1.c1ccn2cnnc2c1.c1ccn2nccc2c1.c1ccn2ncnc2c1.c1cn2ccnc2cn1. The third-order valence-electron chi connectivity index (χ3n) is 9.07. The molecule has 0 atom stereocenters. The number of H-pyrrole nitrogens is 1. The van der Waals surface area contributed by atoms with Gasteiger partial charge in [-0.3, -0.25) is 18.8 Å². The number of fused-ring (bicyclic) bond motifs is 7. The van der Waals surface area contributed by atoms with Crippen LogP contribution in [-0.4, -0.2) is 87.1 Å². The van der Waals surface area contributed by atoms with Gasteiger partial charge in [0.25, 0.3) is 0 Å². The Labute approximate surface area is 353 Å². The maximum atomic E-state index is 4.04. The van der Waals surface area contributed by atoms with Crippen LogP contribution in [-0.2, 0) is 13.0 Å². The van der Waals surface area contributed by atoms with Crippen molar-refractivity contribution in [3.63, 3.8) is 0 Å². The lowest BCUT2D eigenvalue weighted by Gasteiger charge is -1.90. The molecule has 1 aliphatic heterocycles. The van der Waals surface area contributed by atoms with Crippen LogP contribution in [0, 0.1) is 0 Å². The van der Waals surface area contributed by atoms with Gasteiger partial charge in [0.2, 0.25) is 0 Å². The molecule has 0 fully saturated rings. The van der Waals surface area contributed by atoms with E-state index in [1.54, 1.807) is 73.1 Å². The van der Waals surface area contributed by atoms with E-state index < -0.39 is 0 Å². The summed E-state index contributed by atoms with van der Waals surface area (Å²) in [6.45, 7) is 1.24. The number of aromatic nitrogens is 18. The number of rotatable bonds is 0. The predicted octanol–water partition coefficient (Wildman–Crippen LogP) is 6.64. The van der Waals surface area contributed by atoms with Gasteiger partial charge in [-0.05, 0) is 79.6 Å². The Bertz CT molecular complexity index is 2580. The van der Waals surface area contributed by atoms with Crippen molar-refractivity contribution >= 4 is 39.1 Å². The molecule has 18 nitrogen and oxygen atoms in total. The number of aryl methyl sites for hydroxylation is 2. The first-order valence-corrected chi connectivity index (χ1v) is 19.5. The molecule has 0 radical (unpaired) electrons. The van der Waals surface area contributed by atoms with Crippen LogP contribution in [0.5, 0.6) is 0 Å². The van der Waals surface area contributed by atoms with Crippen LogP contribution in [0.3, 0.4) is 0 Å². The Balaban J connectivity index is 0.0000000996. The van der Waals surface area contributed by atoms with Gasteiger partial charge in [0, 0.05) is 92.8 Å². The summed E-state index contributed by atoms with van der Waals surface area (Å²) in [7, 11) is 0. The minimum Gasteiger partial charge on any atom is -0.351 e. The molecule has 13 aromatic rings. The normalized spacial score (nSPS) is 11.0. The molecule has 18 heteroatoms. The molecular weight excluding hydrogens is 781 g/mol. The highest BCUT2D eigenvalue weighted by molar-refractivity contribution is 5.72. The molecule has 0 unspecified atom stereocenters. The van der Waals surface area contributed by atoms with Crippen molar-refractivity contribution in [3.8, 4) is 0 Å². The quantitative estimate of drug-likeness (QED) is 0.173. The van der Waals surface area contributed by atoms with E-state index in [9.17, 15) is 0 Å². The van der Waals surface area contributed by atoms with Crippen LogP contribution in [0.2, 0.25) is 0 Å². The summed E-state index contributed by atoms with van der Waals surface area (Å²) < 4.78 is 11.5. The molecule has 1 N–H and O–H groups in total. The Morgan fingerprint density at radius 3 is 2.13 bits per heavy atom. The maximum Gasteiger partial charge on any atom is 0.160 e. The van der Waals surface area contributed by atoms with Gasteiger partial charge in [-0.25, -0.2) is 34.0 Å². The molecule has 1 aliphatic rings. The Kier molecular flexibility index (Phi) is 13.3. The highest BCUT2D eigenvalue weighted by Gasteiger charge is 2.06. The highest BCUT2D eigenvalue weighted by Crippen LogP contribution is 2.13.